The van der Waals surface area contributed by atoms with Gasteiger partial charge in [-0.3, -0.25) is 0 Å². The number of aromatic hydroxyl groups is 1. The molecule has 2 saturated carbocycles. The molecular weight excluding hydrogens is 384 g/mol. The van der Waals surface area contributed by atoms with Gasteiger partial charge in [-0.05, 0) is 97.2 Å². The normalized spacial score (nSPS) is 37.5. The standard InChI is InChI=1S/C27H40O2Si/c1-6-30(7-2,8-3)16-15-27(29)19(4)17-25-24-11-9-20-18-21(28)10-12-22(20)23(24)13-14-26(25,27)5/h10,12,18-19,23-25,28-29H,6-9,11,13-14,17H2,1-5H3/t19?,23-,24-,25+,26+,27+/m1/s1. The Balaban J connectivity index is 1.69. The lowest BCUT2D eigenvalue weighted by Gasteiger charge is -2.52. The average molecular weight is 425 g/mol. The first kappa shape index (κ1) is 22.0. The summed E-state index contributed by atoms with van der Waals surface area (Å²) >= 11 is 0. The molecule has 0 spiro atoms. The molecule has 3 heteroatoms. The molecule has 1 unspecified atom stereocenters. The molecule has 0 saturated heterocycles. The van der Waals surface area contributed by atoms with Crippen LogP contribution in [0.4, 0.5) is 0 Å². The van der Waals surface area contributed by atoms with Crippen molar-refractivity contribution >= 4 is 8.07 Å². The summed E-state index contributed by atoms with van der Waals surface area (Å²) in [6, 6.07) is 9.56. The maximum atomic E-state index is 12.1. The molecule has 2 N–H and O–H groups in total. The lowest BCUT2D eigenvalue weighted by atomic mass is 9.53. The molecule has 3 aliphatic carbocycles. The van der Waals surface area contributed by atoms with Crippen LogP contribution in [0.3, 0.4) is 0 Å². The van der Waals surface area contributed by atoms with Crippen molar-refractivity contribution in [2.75, 3.05) is 0 Å². The fraction of sp³-hybridized carbons (Fsp3) is 0.704. The minimum atomic E-state index is -1.58. The molecule has 0 bridgehead atoms. The molecule has 0 aromatic heterocycles. The predicted octanol–water partition coefficient (Wildman–Crippen LogP) is 6.28. The Kier molecular flexibility index (Phi) is 5.65. The van der Waals surface area contributed by atoms with Crippen LogP contribution >= 0.6 is 0 Å². The van der Waals surface area contributed by atoms with Crippen molar-refractivity contribution in [3.05, 3.63) is 29.3 Å². The van der Waals surface area contributed by atoms with E-state index in [-0.39, 0.29) is 11.3 Å². The number of benzene rings is 1. The number of aliphatic hydroxyl groups is 1. The summed E-state index contributed by atoms with van der Waals surface area (Å²) in [5.74, 6) is 5.96. The lowest BCUT2D eigenvalue weighted by molar-refractivity contribution is -0.0777. The highest BCUT2D eigenvalue weighted by molar-refractivity contribution is 6.87. The summed E-state index contributed by atoms with van der Waals surface area (Å²) in [5.41, 5.74) is 5.59. The van der Waals surface area contributed by atoms with Crippen molar-refractivity contribution < 1.29 is 10.2 Å². The van der Waals surface area contributed by atoms with Gasteiger partial charge in [0.25, 0.3) is 0 Å². The topological polar surface area (TPSA) is 40.5 Å². The number of fused-ring (bicyclic) bond motifs is 5. The molecule has 2 nitrogen and oxygen atoms in total. The zero-order chi connectivity index (χ0) is 21.7. The smallest absolute Gasteiger partial charge is 0.137 e. The van der Waals surface area contributed by atoms with Crippen molar-refractivity contribution in [1.29, 1.82) is 0 Å². The molecule has 164 valence electrons. The van der Waals surface area contributed by atoms with Crippen molar-refractivity contribution in [2.24, 2.45) is 23.2 Å². The van der Waals surface area contributed by atoms with E-state index in [0.717, 1.165) is 25.7 Å². The van der Waals surface area contributed by atoms with Gasteiger partial charge in [0.05, 0.1) is 0 Å². The fourth-order valence-corrected chi connectivity index (χ4v) is 9.91. The van der Waals surface area contributed by atoms with Crippen LogP contribution in [0.1, 0.15) is 77.3 Å². The Morgan fingerprint density at radius 2 is 1.83 bits per heavy atom. The van der Waals surface area contributed by atoms with E-state index in [1.54, 1.807) is 0 Å². The number of hydrogen-bond acceptors (Lipinski definition) is 2. The number of rotatable bonds is 3. The first-order valence-corrected chi connectivity index (χ1v) is 14.9. The third-order valence-electron chi connectivity index (χ3n) is 9.84. The number of phenolic OH excluding ortho intramolecular Hbond substituents is 1. The van der Waals surface area contributed by atoms with E-state index in [2.05, 4.69) is 52.1 Å². The van der Waals surface area contributed by atoms with E-state index < -0.39 is 13.7 Å². The number of phenols is 1. The van der Waals surface area contributed by atoms with Gasteiger partial charge in [-0.2, -0.15) is 0 Å². The van der Waals surface area contributed by atoms with Gasteiger partial charge in [0.1, 0.15) is 19.4 Å². The minimum Gasteiger partial charge on any atom is -0.508 e. The van der Waals surface area contributed by atoms with Crippen LogP contribution in [0.15, 0.2) is 18.2 Å². The second kappa shape index (κ2) is 7.71. The molecule has 1 aromatic carbocycles. The monoisotopic (exact) mass is 424 g/mol. The van der Waals surface area contributed by atoms with Crippen LogP contribution in [0.5, 0.6) is 5.75 Å². The van der Waals surface area contributed by atoms with E-state index in [9.17, 15) is 10.2 Å². The van der Waals surface area contributed by atoms with Gasteiger partial charge in [0, 0.05) is 5.41 Å². The van der Waals surface area contributed by atoms with Gasteiger partial charge in [-0.25, -0.2) is 0 Å². The third kappa shape index (κ3) is 3.09. The highest BCUT2D eigenvalue weighted by Gasteiger charge is 2.64. The molecule has 3 aliphatic rings. The van der Waals surface area contributed by atoms with Gasteiger partial charge in [0.15, 0.2) is 0 Å². The largest absolute Gasteiger partial charge is 0.508 e. The summed E-state index contributed by atoms with van der Waals surface area (Å²) in [6.07, 6.45) is 5.50. The Morgan fingerprint density at radius 1 is 1.13 bits per heavy atom. The Bertz CT molecular complexity index is 855. The summed E-state index contributed by atoms with van der Waals surface area (Å²) in [4.78, 5) is 0. The van der Waals surface area contributed by atoms with Crippen LogP contribution in [-0.4, -0.2) is 23.9 Å². The maximum absolute atomic E-state index is 12.1. The van der Waals surface area contributed by atoms with E-state index in [1.807, 2.05) is 12.1 Å². The molecule has 30 heavy (non-hydrogen) atoms. The van der Waals surface area contributed by atoms with Crippen molar-refractivity contribution in [1.82, 2.24) is 0 Å². The van der Waals surface area contributed by atoms with Gasteiger partial charge < -0.3 is 10.2 Å². The molecule has 0 aliphatic heterocycles. The van der Waals surface area contributed by atoms with Crippen molar-refractivity contribution in [3.63, 3.8) is 0 Å². The van der Waals surface area contributed by atoms with E-state index in [4.69, 9.17) is 0 Å². The van der Waals surface area contributed by atoms with Crippen LogP contribution in [0.2, 0.25) is 18.1 Å². The Morgan fingerprint density at radius 3 is 2.50 bits per heavy atom. The molecule has 4 rings (SSSR count). The molecule has 0 radical (unpaired) electrons. The first-order chi connectivity index (χ1) is 14.2. The summed E-state index contributed by atoms with van der Waals surface area (Å²) in [6.45, 7) is 11.5. The SMILES string of the molecule is CC[Si](C#C[C@]1(O)C(C)C[C@H]2[C@@H]3CCc4cc(O)ccc4[C@H]3CC[C@@]21C)(CC)CC. The molecule has 6 atom stereocenters. The quantitative estimate of drug-likeness (QED) is 0.443. The van der Waals surface area contributed by atoms with Crippen LogP contribution in [0, 0.1) is 34.6 Å². The Hall–Kier alpha value is -1.24. The molecule has 2 fully saturated rings. The van der Waals surface area contributed by atoms with Gasteiger partial charge in [-0.15, -0.1) is 5.54 Å². The molecular formula is C27H40O2Si. The van der Waals surface area contributed by atoms with Gasteiger partial charge in [0.2, 0.25) is 0 Å². The Labute approximate surface area is 184 Å². The summed E-state index contributed by atoms with van der Waals surface area (Å²) in [7, 11) is -1.58. The predicted molar refractivity (Wildman–Crippen MR) is 127 cm³/mol. The van der Waals surface area contributed by atoms with Crippen molar-refractivity contribution in [3.8, 4) is 17.2 Å². The summed E-state index contributed by atoms with van der Waals surface area (Å²) < 4.78 is 0. The molecule has 0 heterocycles. The van der Waals surface area contributed by atoms with Crippen LogP contribution in [-0.2, 0) is 6.42 Å². The number of aryl methyl sites for hydroxylation is 1. The van der Waals surface area contributed by atoms with Crippen LogP contribution < -0.4 is 0 Å². The maximum Gasteiger partial charge on any atom is 0.137 e. The zero-order valence-corrected chi connectivity index (χ0v) is 20.6. The second-order valence-corrected chi connectivity index (χ2v) is 15.7. The molecule has 0 amide bonds. The summed E-state index contributed by atoms with van der Waals surface area (Å²) in [5, 5.41) is 22.0. The second-order valence-electron chi connectivity index (χ2n) is 10.7. The minimum absolute atomic E-state index is 0.107. The third-order valence-corrected chi connectivity index (χ3v) is 14.6. The van der Waals surface area contributed by atoms with E-state index in [1.165, 1.54) is 35.7 Å². The zero-order valence-electron chi connectivity index (χ0n) is 19.6. The highest BCUT2D eigenvalue weighted by Crippen LogP contribution is 2.65. The van der Waals surface area contributed by atoms with Crippen LogP contribution in [0.25, 0.3) is 0 Å². The van der Waals surface area contributed by atoms with Gasteiger partial charge >= 0.3 is 0 Å². The number of hydrogen-bond donors (Lipinski definition) is 2. The first-order valence-electron chi connectivity index (χ1n) is 12.3. The fourth-order valence-electron chi connectivity index (χ4n) is 7.42. The van der Waals surface area contributed by atoms with Gasteiger partial charge in [-0.1, -0.05) is 46.6 Å². The van der Waals surface area contributed by atoms with E-state index in [0.29, 0.717) is 23.5 Å². The molecule has 1 aromatic rings. The van der Waals surface area contributed by atoms with Crippen molar-refractivity contribution in [2.45, 2.75) is 96.4 Å². The lowest BCUT2D eigenvalue weighted by Crippen LogP contribution is -2.52. The van der Waals surface area contributed by atoms with E-state index >= 15 is 0 Å². The average Bonchev–Trinajstić information content (AvgIpc) is 2.95. The highest BCUT2D eigenvalue weighted by atomic mass is 28.3.